The molecular weight excluding hydrogens is 346 g/mol. The minimum Gasteiger partial charge on any atom is -0.379 e. The summed E-state index contributed by atoms with van der Waals surface area (Å²) >= 11 is 0. The minimum atomic E-state index is 0. The number of unbranched alkanes of at least 4 members (excludes halogenated alkanes) is 7. The van der Waals surface area contributed by atoms with Gasteiger partial charge in [0.15, 0.2) is 5.78 Å². The topological polar surface area (TPSA) is 29.5 Å². The monoisotopic (exact) mass is 381 g/mol. The van der Waals surface area contributed by atoms with Crippen LogP contribution in [0.5, 0.6) is 0 Å². The number of benzene rings is 1. The maximum atomic E-state index is 13.0. The average molecular weight is 382 g/mol. The molecule has 0 bridgehead atoms. The Kier molecular flexibility index (Phi) is 12.6. The number of rotatable bonds is 12. The maximum Gasteiger partial charge on any atom is 0.179 e. The fraction of sp³-hybridized carbons (Fsp3) is 0.682. The maximum absolute atomic E-state index is 13.0. The zero-order valence-corrected chi connectivity index (χ0v) is 17.1. The Balaban J connectivity index is 0.00000338. The highest BCUT2D eigenvalue weighted by atomic mass is 35.5. The van der Waals surface area contributed by atoms with Gasteiger partial charge in [0.25, 0.3) is 0 Å². The molecule has 1 atom stereocenters. The Bertz CT molecular complexity index is 474. The number of nitrogens with zero attached hydrogens (tertiary/aromatic N) is 1. The van der Waals surface area contributed by atoms with Gasteiger partial charge in [-0.1, -0.05) is 88.6 Å². The molecule has 1 heterocycles. The standard InChI is InChI=1S/C22H35NO2.ClH/c1-2-3-4-5-6-7-8-12-15-21(23-16-18-25-19-17-23)22(24)20-13-10-9-11-14-20;/h9-11,13-14,21H,2-8,12,15-19H2,1H3;1H. The van der Waals surface area contributed by atoms with Crippen molar-refractivity contribution in [3.8, 4) is 0 Å². The molecule has 0 N–H and O–H groups in total. The molecule has 0 saturated carbocycles. The van der Waals surface area contributed by atoms with E-state index in [1.54, 1.807) is 0 Å². The first-order valence-corrected chi connectivity index (χ1v) is 10.2. The normalized spacial score (nSPS) is 16.0. The third kappa shape index (κ3) is 8.20. The molecule has 1 saturated heterocycles. The summed E-state index contributed by atoms with van der Waals surface area (Å²) < 4.78 is 5.47. The van der Waals surface area contributed by atoms with Crippen LogP contribution in [0.3, 0.4) is 0 Å². The number of Topliss-reactive ketones (excluding diaryl/α,β-unsaturated/α-hetero) is 1. The number of hydrogen-bond donors (Lipinski definition) is 0. The first kappa shape index (κ1) is 23.1. The number of ketones is 1. The van der Waals surface area contributed by atoms with Crippen molar-refractivity contribution in [1.29, 1.82) is 0 Å². The fourth-order valence-electron chi connectivity index (χ4n) is 3.64. The second-order valence-electron chi connectivity index (χ2n) is 7.16. The molecule has 1 fully saturated rings. The molecule has 0 radical (unpaired) electrons. The number of halogens is 1. The van der Waals surface area contributed by atoms with Gasteiger partial charge in [0.05, 0.1) is 19.3 Å². The fourth-order valence-corrected chi connectivity index (χ4v) is 3.64. The van der Waals surface area contributed by atoms with Crippen LogP contribution < -0.4 is 0 Å². The molecule has 1 aliphatic rings. The molecule has 1 aliphatic heterocycles. The van der Waals surface area contributed by atoms with Crippen LogP contribution in [0.4, 0.5) is 0 Å². The summed E-state index contributed by atoms with van der Waals surface area (Å²) in [6.45, 7) is 5.50. The third-order valence-electron chi connectivity index (χ3n) is 5.18. The van der Waals surface area contributed by atoms with Gasteiger partial charge in [-0.25, -0.2) is 0 Å². The van der Waals surface area contributed by atoms with Crippen LogP contribution in [0.25, 0.3) is 0 Å². The summed E-state index contributed by atoms with van der Waals surface area (Å²) in [5, 5.41) is 0. The Labute approximate surface area is 165 Å². The molecule has 0 aliphatic carbocycles. The number of carbonyl (C=O) groups is 1. The summed E-state index contributed by atoms with van der Waals surface area (Å²) in [6, 6.07) is 9.80. The minimum absolute atomic E-state index is 0. The molecule has 0 aromatic heterocycles. The smallest absolute Gasteiger partial charge is 0.179 e. The molecular formula is C22H36ClNO2. The van der Waals surface area contributed by atoms with Gasteiger partial charge in [-0.15, -0.1) is 12.4 Å². The molecule has 3 nitrogen and oxygen atoms in total. The van der Waals surface area contributed by atoms with E-state index in [0.29, 0.717) is 0 Å². The van der Waals surface area contributed by atoms with E-state index in [-0.39, 0.29) is 24.2 Å². The first-order valence-electron chi connectivity index (χ1n) is 10.2. The van der Waals surface area contributed by atoms with E-state index in [2.05, 4.69) is 11.8 Å². The van der Waals surface area contributed by atoms with E-state index in [0.717, 1.165) is 44.7 Å². The Morgan fingerprint density at radius 3 is 2.15 bits per heavy atom. The number of carbonyl (C=O) groups excluding carboxylic acids is 1. The van der Waals surface area contributed by atoms with Gasteiger partial charge in [-0.2, -0.15) is 0 Å². The molecule has 2 rings (SSSR count). The van der Waals surface area contributed by atoms with Crippen molar-refractivity contribution in [1.82, 2.24) is 4.90 Å². The van der Waals surface area contributed by atoms with Gasteiger partial charge in [0.1, 0.15) is 0 Å². The van der Waals surface area contributed by atoms with Gasteiger partial charge in [-0.3, -0.25) is 9.69 Å². The van der Waals surface area contributed by atoms with Crippen molar-refractivity contribution in [3.63, 3.8) is 0 Å². The van der Waals surface area contributed by atoms with Gasteiger partial charge < -0.3 is 4.74 Å². The average Bonchev–Trinajstić information content (AvgIpc) is 2.68. The molecule has 0 amide bonds. The molecule has 1 aromatic rings. The molecule has 148 valence electrons. The van der Waals surface area contributed by atoms with Gasteiger partial charge in [-0.05, 0) is 6.42 Å². The predicted octanol–water partition coefficient (Wildman–Crippen LogP) is 5.52. The van der Waals surface area contributed by atoms with Gasteiger partial charge in [0, 0.05) is 18.7 Å². The Hall–Kier alpha value is -0.900. The highest BCUT2D eigenvalue weighted by Gasteiger charge is 2.27. The lowest BCUT2D eigenvalue weighted by Crippen LogP contribution is -2.47. The second kappa shape index (κ2) is 14.2. The van der Waals surface area contributed by atoms with Crippen LogP contribution >= 0.6 is 12.4 Å². The van der Waals surface area contributed by atoms with Crippen LogP contribution in [-0.4, -0.2) is 43.0 Å². The van der Waals surface area contributed by atoms with Gasteiger partial charge in [0.2, 0.25) is 0 Å². The van der Waals surface area contributed by atoms with E-state index in [9.17, 15) is 4.79 Å². The summed E-state index contributed by atoms with van der Waals surface area (Å²) in [5.74, 6) is 0.283. The third-order valence-corrected chi connectivity index (χ3v) is 5.18. The first-order chi connectivity index (χ1) is 12.3. The largest absolute Gasteiger partial charge is 0.379 e. The summed E-state index contributed by atoms with van der Waals surface area (Å²) in [4.78, 5) is 15.3. The van der Waals surface area contributed by atoms with Crippen molar-refractivity contribution in [2.45, 2.75) is 70.8 Å². The predicted molar refractivity (Wildman–Crippen MR) is 111 cm³/mol. The van der Waals surface area contributed by atoms with Crippen LogP contribution in [0, 0.1) is 0 Å². The Morgan fingerprint density at radius 2 is 1.54 bits per heavy atom. The SMILES string of the molecule is CCCCCCCCCCC(C(=O)c1ccccc1)N1CCOCC1.Cl. The molecule has 4 heteroatoms. The molecule has 0 spiro atoms. The highest BCUT2D eigenvalue weighted by molar-refractivity contribution is 6.00. The number of ether oxygens (including phenoxy) is 1. The molecule has 1 aromatic carbocycles. The Morgan fingerprint density at radius 1 is 0.962 bits per heavy atom. The van der Waals surface area contributed by atoms with Crippen LogP contribution in [0.15, 0.2) is 30.3 Å². The zero-order valence-electron chi connectivity index (χ0n) is 16.3. The van der Waals surface area contributed by atoms with Crippen LogP contribution in [0.2, 0.25) is 0 Å². The second-order valence-corrected chi connectivity index (χ2v) is 7.16. The van der Waals surface area contributed by atoms with Gasteiger partial charge >= 0.3 is 0 Å². The van der Waals surface area contributed by atoms with Crippen LogP contribution in [0.1, 0.15) is 75.1 Å². The number of hydrogen-bond acceptors (Lipinski definition) is 3. The number of morpholine rings is 1. The lowest BCUT2D eigenvalue weighted by Gasteiger charge is -2.33. The van der Waals surface area contributed by atoms with E-state index >= 15 is 0 Å². The lowest BCUT2D eigenvalue weighted by molar-refractivity contribution is 0.0156. The van der Waals surface area contributed by atoms with Crippen molar-refractivity contribution in [2.75, 3.05) is 26.3 Å². The van der Waals surface area contributed by atoms with Crippen molar-refractivity contribution in [2.24, 2.45) is 0 Å². The van der Waals surface area contributed by atoms with E-state index in [1.807, 2.05) is 30.3 Å². The summed E-state index contributed by atoms with van der Waals surface area (Å²) in [7, 11) is 0. The quantitative estimate of drug-likeness (QED) is 0.352. The summed E-state index contributed by atoms with van der Waals surface area (Å²) in [6.07, 6.45) is 11.4. The van der Waals surface area contributed by atoms with Crippen molar-refractivity contribution < 1.29 is 9.53 Å². The lowest BCUT2D eigenvalue weighted by atomic mass is 9.96. The zero-order chi connectivity index (χ0) is 17.7. The van der Waals surface area contributed by atoms with E-state index < -0.39 is 0 Å². The van der Waals surface area contributed by atoms with E-state index in [1.165, 1.54) is 44.9 Å². The highest BCUT2D eigenvalue weighted by Crippen LogP contribution is 2.18. The van der Waals surface area contributed by atoms with E-state index in [4.69, 9.17) is 4.74 Å². The van der Waals surface area contributed by atoms with Crippen molar-refractivity contribution in [3.05, 3.63) is 35.9 Å². The molecule has 26 heavy (non-hydrogen) atoms. The van der Waals surface area contributed by atoms with Crippen LogP contribution in [-0.2, 0) is 4.74 Å². The van der Waals surface area contributed by atoms with Crippen molar-refractivity contribution >= 4 is 18.2 Å². The summed E-state index contributed by atoms with van der Waals surface area (Å²) in [5.41, 5.74) is 0.846. The molecule has 1 unspecified atom stereocenters.